The summed E-state index contributed by atoms with van der Waals surface area (Å²) in [6.45, 7) is 6.74. The molecule has 6 nitrogen and oxygen atoms in total. The van der Waals surface area contributed by atoms with Crippen molar-refractivity contribution in [3.8, 4) is 0 Å². The third kappa shape index (κ3) is 4.54. The molecule has 21 heavy (non-hydrogen) atoms. The van der Waals surface area contributed by atoms with E-state index in [1.807, 2.05) is 18.0 Å². The second kappa shape index (κ2) is 7.56. The fraction of sp³-hybridized carbons (Fsp3) is 0.733. The molecule has 1 aromatic rings. The maximum absolute atomic E-state index is 12.3. The topological polar surface area (TPSA) is 56.6 Å². The van der Waals surface area contributed by atoms with E-state index in [2.05, 4.69) is 18.9 Å². The predicted molar refractivity (Wildman–Crippen MR) is 78.6 cm³/mol. The fourth-order valence-electron chi connectivity index (χ4n) is 2.59. The molecule has 2 rings (SSSR count). The maximum atomic E-state index is 12.3. The molecule has 1 atom stereocenters. The molecule has 1 fully saturated rings. The lowest BCUT2D eigenvalue weighted by Gasteiger charge is -2.36. The Morgan fingerprint density at radius 3 is 3.05 bits per heavy atom. The molecule has 0 saturated carbocycles. The van der Waals surface area contributed by atoms with Crippen molar-refractivity contribution in [2.45, 2.75) is 32.9 Å². The van der Waals surface area contributed by atoms with Gasteiger partial charge in [0.25, 0.3) is 0 Å². The van der Waals surface area contributed by atoms with Gasteiger partial charge in [-0.25, -0.2) is 0 Å². The third-order valence-electron chi connectivity index (χ3n) is 3.69. The van der Waals surface area contributed by atoms with Crippen molar-refractivity contribution in [2.75, 3.05) is 26.4 Å². The second-order valence-electron chi connectivity index (χ2n) is 5.88. The lowest BCUT2D eigenvalue weighted by molar-refractivity contribution is -0.145. The van der Waals surface area contributed by atoms with Crippen LogP contribution in [0.4, 0.5) is 0 Å². The summed E-state index contributed by atoms with van der Waals surface area (Å²) in [6, 6.07) is 2.06. The first-order chi connectivity index (χ1) is 10.1. The number of hydrogen-bond donors (Lipinski definition) is 0. The highest BCUT2D eigenvalue weighted by Gasteiger charge is 2.27. The summed E-state index contributed by atoms with van der Waals surface area (Å²) >= 11 is 0. The van der Waals surface area contributed by atoms with Gasteiger partial charge in [-0.3, -0.25) is 9.48 Å². The average molecular weight is 295 g/mol. The monoisotopic (exact) mass is 295 g/mol. The molecule has 1 amide bonds. The van der Waals surface area contributed by atoms with Crippen LogP contribution in [0.25, 0.3) is 0 Å². The number of morpholine rings is 1. The van der Waals surface area contributed by atoms with E-state index in [1.165, 1.54) is 0 Å². The van der Waals surface area contributed by atoms with Crippen molar-refractivity contribution >= 4 is 5.91 Å². The summed E-state index contributed by atoms with van der Waals surface area (Å²) in [7, 11) is 1.86. The SMILES string of the molecule is CC(C)C[C@H]1COCCN1C(=O)COCc1ccnn1C. The van der Waals surface area contributed by atoms with Crippen molar-refractivity contribution in [2.24, 2.45) is 13.0 Å². The largest absolute Gasteiger partial charge is 0.377 e. The molecule has 2 heterocycles. The molecular weight excluding hydrogens is 270 g/mol. The van der Waals surface area contributed by atoms with Gasteiger partial charge in [0, 0.05) is 19.8 Å². The van der Waals surface area contributed by atoms with Crippen LogP contribution < -0.4 is 0 Å². The molecule has 0 N–H and O–H groups in total. The van der Waals surface area contributed by atoms with Gasteiger partial charge in [0.2, 0.25) is 5.91 Å². The standard InChI is InChI=1S/C15H25N3O3/c1-12(2)8-14-10-20-7-6-18(14)15(19)11-21-9-13-4-5-16-17(13)3/h4-5,12,14H,6-11H2,1-3H3/t14-/m0/s1. The van der Waals surface area contributed by atoms with Gasteiger partial charge < -0.3 is 14.4 Å². The fourth-order valence-corrected chi connectivity index (χ4v) is 2.59. The highest BCUT2D eigenvalue weighted by atomic mass is 16.5. The third-order valence-corrected chi connectivity index (χ3v) is 3.69. The summed E-state index contributed by atoms with van der Waals surface area (Å²) in [5, 5.41) is 4.07. The minimum Gasteiger partial charge on any atom is -0.377 e. The zero-order valence-corrected chi connectivity index (χ0v) is 13.1. The number of amides is 1. The predicted octanol–water partition coefficient (Wildman–Crippen LogP) is 1.21. The summed E-state index contributed by atoms with van der Waals surface area (Å²) < 4.78 is 12.8. The molecule has 0 aliphatic carbocycles. The lowest BCUT2D eigenvalue weighted by Crippen LogP contribution is -2.50. The first-order valence-electron chi connectivity index (χ1n) is 7.49. The van der Waals surface area contributed by atoms with Crippen LogP contribution >= 0.6 is 0 Å². The molecule has 1 aromatic heterocycles. The Bertz CT molecular complexity index is 459. The quantitative estimate of drug-likeness (QED) is 0.791. The molecule has 0 spiro atoms. The summed E-state index contributed by atoms with van der Waals surface area (Å²) in [5.74, 6) is 0.591. The number of hydrogen-bond acceptors (Lipinski definition) is 4. The number of rotatable bonds is 6. The van der Waals surface area contributed by atoms with Crippen molar-refractivity contribution in [1.82, 2.24) is 14.7 Å². The molecule has 0 bridgehead atoms. The van der Waals surface area contributed by atoms with Crippen LogP contribution in [0.2, 0.25) is 0 Å². The van der Waals surface area contributed by atoms with Crippen LogP contribution in [-0.2, 0) is 27.9 Å². The average Bonchev–Trinajstić information content (AvgIpc) is 2.84. The van der Waals surface area contributed by atoms with Crippen LogP contribution in [0.15, 0.2) is 12.3 Å². The number of carbonyl (C=O) groups is 1. The van der Waals surface area contributed by atoms with Crippen molar-refractivity contribution in [1.29, 1.82) is 0 Å². The van der Waals surface area contributed by atoms with E-state index < -0.39 is 0 Å². The minimum absolute atomic E-state index is 0.0473. The first-order valence-corrected chi connectivity index (χ1v) is 7.49. The molecule has 0 aromatic carbocycles. The van der Waals surface area contributed by atoms with E-state index in [1.54, 1.807) is 10.9 Å². The lowest BCUT2D eigenvalue weighted by atomic mass is 10.0. The highest BCUT2D eigenvalue weighted by Crippen LogP contribution is 2.16. The summed E-state index contributed by atoms with van der Waals surface area (Å²) in [5.41, 5.74) is 0.962. The van der Waals surface area contributed by atoms with Crippen molar-refractivity contribution in [3.63, 3.8) is 0 Å². The minimum atomic E-state index is 0.0473. The van der Waals surface area contributed by atoms with Gasteiger partial charge in [-0.2, -0.15) is 5.10 Å². The second-order valence-corrected chi connectivity index (χ2v) is 5.88. The zero-order chi connectivity index (χ0) is 15.2. The number of ether oxygens (including phenoxy) is 2. The molecule has 6 heteroatoms. The Labute approximate surface area is 126 Å². The normalized spacial score (nSPS) is 19.2. The molecule has 1 saturated heterocycles. The Morgan fingerprint density at radius 1 is 1.57 bits per heavy atom. The van der Waals surface area contributed by atoms with Gasteiger partial charge in [-0.05, 0) is 18.4 Å². The van der Waals surface area contributed by atoms with E-state index in [-0.39, 0.29) is 18.6 Å². The van der Waals surface area contributed by atoms with Crippen LogP contribution in [-0.4, -0.2) is 53.0 Å². The Balaban J connectivity index is 1.81. The zero-order valence-electron chi connectivity index (χ0n) is 13.1. The van der Waals surface area contributed by atoms with Gasteiger partial charge in [-0.1, -0.05) is 13.8 Å². The van der Waals surface area contributed by atoms with E-state index in [4.69, 9.17) is 9.47 Å². The Morgan fingerprint density at radius 2 is 2.38 bits per heavy atom. The summed E-state index contributed by atoms with van der Waals surface area (Å²) in [4.78, 5) is 14.2. The van der Waals surface area contributed by atoms with Crippen LogP contribution in [0, 0.1) is 5.92 Å². The van der Waals surface area contributed by atoms with Gasteiger partial charge in [0.05, 0.1) is 31.6 Å². The van der Waals surface area contributed by atoms with Gasteiger partial charge in [0.1, 0.15) is 6.61 Å². The maximum Gasteiger partial charge on any atom is 0.248 e. The highest BCUT2D eigenvalue weighted by molar-refractivity contribution is 5.77. The van der Waals surface area contributed by atoms with Gasteiger partial charge in [-0.15, -0.1) is 0 Å². The van der Waals surface area contributed by atoms with Crippen LogP contribution in [0.3, 0.4) is 0 Å². The molecule has 1 aliphatic heterocycles. The number of carbonyl (C=O) groups excluding carboxylic acids is 1. The van der Waals surface area contributed by atoms with Crippen LogP contribution in [0.1, 0.15) is 26.0 Å². The van der Waals surface area contributed by atoms with Crippen LogP contribution in [0.5, 0.6) is 0 Å². The van der Waals surface area contributed by atoms with E-state index >= 15 is 0 Å². The smallest absolute Gasteiger partial charge is 0.248 e. The Kier molecular flexibility index (Phi) is 5.76. The number of aryl methyl sites for hydroxylation is 1. The van der Waals surface area contributed by atoms with E-state index in [9.17, 15) is 4.79 Å². The number of aromatic nitrogens is 2. The first kappa shape index (κ1) is 16.0. The van der Waals surface area contributed by atoms with Crippen molar-refractivity contribution in [3.05, 3.63) is 18.0 Å². The van der Waals surface area contributed by atoms with Gasteiger partial charge in [0.15, 0.2) is 0 Å². The van der Waals surface area contributed by atoms with E-state index in [0.29, 0.717) is 32.3 Å². The van der Waals surface area contributed by atoms with E-state index in [0.717, 1.165) is 12.1 Å². The molecule has 118 valence electrons. The van der Waals surface area contributed by atoms with Crippen molar-refractivity contribution < 1.29 is 14.3 Å². The molecule has 1 aliphatic rings. The van der Waals surface area contributed by atoms with Gasteiger partial charge >= 0.3 is 0 Å². The molecule has 0 unspecified atom stereocenters. The summed E-state index contributed by atoms with van der Waals surface area (Å²) in [6.07, 6.45) is 2.69. The molecular formula is C15H25N3O3. The molecule has 0 radical (unpaired) electrons. The Hall–Kier alpha value is -1.40. The number of nitrogens with zero attached hydrogens (tertiary/aromatic N) is 3.